The maximum absolute atomic E-state index is 2.39. The molecular weight excluding hydrogens is 364 g/mol. The molecule has 2 heteroatoms. The van der Waals surface area contributed by atoms with Gasteiger partial charge in [-0.3, -0.25) is 0 Å². The summed E-state index contributed by atoms with van der Waals surface area (Å²) in [6.07, 6.45) is 0. The lowest BCUT2D eigenvalue weighted by Crippen LogP contribution is -2.30. The molecule has 0 unspecified atom stereocenters. The molecule has 5 rings (SSSR count). The molecule has 0 saturated heterocycles. The molecule has 30 heavy (non-hydrogen) atoms. The van der Waals surface area contributed by atoms with E-state index >= 15 is 0 Å². The normalized spacial score (nSPS) is 11.2. The Morgan fingerprint density at radius 2 is 1.37 bits per heavy atom. The largest absolute Gasteiger partial charge is 0.295 e. The topological polar surface area (TPSA) is 8.81 Å². The van der Waals surface area contributed by atoms with E-state index in [9.17, 15) is 0 Å². The first-order valence-electron chi connectivity index (χ1n) is 10.4. The highest BCUT2D eigenvalue weighted by Crippen LogP contribution is 2.32. The lowest BCUT2D eigenvalue weighted by atomic mass is 9.99. The van der Waals surface area contributed by atoms with Crippen LogP contribution in [0.1, 0.15) is 11.1 Å². The number of imidazole rings is 1. The summed E-state index contributed by atoms with van der Waals surface area (Å²) in [6, 6.07) is 34.7. The van der Waals surface area contributed by atoms with Crippen LogP contribution in [-0.4, -0.2) is 4.57 Å². The lowest BCUT2D eigenvalue weighted by molar-refractivity contribution is -0.633. The van der Waals surface area contributed by atoms with Crippen LogP contribution in [0.25, 0.3) is 39.2 Å². The van der Waals surface area contributed by atoms with Crippen LogP contribution in [0.4, 0.5) is 0 Å². The number of hydrogen-bond donors (Lipinski definition) is 0. The summed E-state index contributed by atoms with van der Waals surface area (Å²) < 4.78 is 4.71. The SMILES string of the molecule is Cc1ccc2c(c1)n(-c1ccccc1)c(-c1cc(-c3ccccc3)ccc1C)[n+]2C. The molecule has 0 saturated carbocycles. The Morgan fingerprint density at radius 1 is 0.667 bits per heavy atom. The molecule has 2 nitrogen and oxygen atoms in total. The summed E-state index contributed by atoms with van der Waals surface area (Å²) in [5, 5.41) is 0. The van der Waals surface area contributed by atoms with Crippen LogP contribution in [-0.2, 0) is 7.05 Å². The van der Waals surface area contributed by atoms with E-state index in [4.69, 9.17) is 0 Å². The number of para-hydroxylation sites is 1. The highest BCUT2D eigenvalue weighted by Gasteiger charge is 2.27. The molecule has 1 heterocycles. The maximum Gasteiger partial charge on any atom is 0.295 e. The second-order valence-corrected chi connectivity index (χ2v) is 7.94. The zero-order valence-corrected chi connectivity index (χ0v) is 17.6. The van der Waals surface area contributed by atoms with E-state index in [-0.39, 0.29) is 0 Å². The van der Waals surface area contributed by atoms with Crippen LogP contribution in [0.5, 0.6) is 0 Å². The third-order valence-electron chi connectivity index (χ3n) is 5.86. The van der Waals surface area contributed by atoms with Crippen molar-refractivity contribution in [3.8, 4) is 28.2 Å². The minimum atomic E-state index is 1.17. The molecule has 0 aliphatic carbocycles. The zero-order valence-electron chi connectivity index (χ0n) is 17.6. The van der Waals surface area contributed by atoms with Crippen molar-refractivity contribution in [3.63, 3.8) is 0 Å². The van der Waals surface area contributed by atoms with Gasteiger partial charge in [-0.1, -0.05) is 66.7 Å². The minimum Gasteiger partial charge on any atom is -0.225 e. The first kappa shape index (κ1) is 18.4. The van der Waals surface area contributed by atoms with Gasteiger partial charge in [-0.2, -0.15) is 4.57 Å². The number of hydrogen-bond acceptors (Lipinski definition) is 0. The van der Waals surface area contributed by atoms with Crippen molar-refractivity contribution in [2.24, 2.45) is 7.05 Å². The molecule has 0 atom stereocenters. The summed E-state index contributed by atoms with van der Waals surface area (Å²) in [7, 11) is 2.17. The van der Waals surface area contributed by atoms with E-state index in [1.54, 1.807) is 0 Å². The van der Waals surface area contributed by atoms with Crippen molar-refractivity contribution < 1.29 is 4.57 Å². The van der Waals surface area contributed by atoms with Crippen LogP contribution in [0.15, 0.2) is 97.1 Å². The van der Waals surface area contributed by atoms with Crippen LogP contribution in [0.3, 0.4) is 0 Å². The maximum atomic E-state index is 2.39. The van der Waals surface area contributed by atoms with Gasteiger partial charge in [-0.05, 0) is 66.4 Å². The Bertz CT molecular complexity index is 1350. The fourth-order valence-electron chi connectivity index (χ4n) is 4.29. The summed E-state index contributed by atoms with van der Waals surface area (Å²) in [5.41, 5.74) is 9.87. The van der Waals surface area contributed by atoms with Gasteiger partial charge in [0, 0.05) is 0 Å². The van der Waals surface area contributed by atoms with Crippen molar-refractivity contribution in [1.29, 1.82) is 0 Å². The number of aromatic nitrogens is 2. The molecule has 146 valence electrons. The Hall–Kier alpha value is -3.65. The lowest BCUT2D eigenvalue weighted by Gasteiger charge is -2.09. The minimum absolute atomic E-state index is 1.17. The Balaban J connectivity index is 1.85. The third-order valence-corrected chi connectivity index (χ3v) is 5.86. The van der Waals surface area contributed by atoms with E-state index in [0.717, 1.165) is 0 Å². The number of nitrogens with zero attached hydrogens (tertiary/aromatic N) is 2. The molecule has 0 fully saturated rings. The van der Waals surface area contributed by atoms with Crippen molar-refractivity contribution in [2.75, 3.05) is 0 Å². The highest BCUT2D eigenvalue weighted by molar-refractivity contribution is 5.81. The van der Waals surface area contributed by atoms with Crippen molar-refractivity contribution in [3.05, 3.63) is 108 Å². The van der Waals surface area contributed by atoms with Gasteiger partial charge in [-0.25, -0.2) is 4.57 Å². The molecule has 0 bridgehead atoms. The predicted molar refractivity (Wildman–Crippen MR) is 125 cm³/mol. The average molecular weight is 390 g/mol. The van der Waals surface area contributed by atoms with E-state index in [1.807, 2.05) is 0 Å². The van der Waals surface area contributed by atoms with E-state index in [0.29, 0.717) is 0 Å². The van der Waals surface area contributed by atoms with Gasteiger partial charge in [0.05, 0.1) is 12.6 Å². The molecule has 0 amide bonds. The number of benzene rings is 4. The van der Waals surface area contributed by atoms with Crippen molar-refractivity contribution >= 4 is 11.0 Å². The average Bonchev–Trinajstić information content (AvgIpc) is 3.06. The Kier molecular flexibility index (Phi) is 4.48. The molecule has 5 aromatic rings. The molecule has 0 aliphatic rings. The predicted octanol–water partition coefficient (Wildman–Crippen LogP) is 6.41. The quantitative estimate of drug-likeness (QED) is 0.315. The molecule has 0 N–H and O–H groups in total. The van der Waals surface area contributed by atoms with E-state index in [2.05, 4.69) is 127 Å². The van der Waals surface area contributed by atoms with Gasteiger partial charge >= 0.3 is 0 Å². The smallest absolute Gasteiger partial charge is 0.225 e. The number of aryl methyl sites for hydroxylation is 3. The van der Waals surface area contributed by atoms with Crippen molar-refractivity contribution in [2.45, 2.75) is 13.8 Å². The second-order valence-electron chi connectivity index (χ2n) is 7.94. The number of rotatable bonds is 3. The first-order valence-corrected chi connectivity index (χ1v) is 10.4. The number of fused-ring (bicyclic) bond motifs is 1. The van der Waals surface area contributed by atoms with Crippen LogP contribution in [0.2, 0.25) is 0 Å². The Morgan fingerprint density at radius 3 is 2.10 bits per heavy atom. The van der Waals surface area contributed by atoms with Gasteiger partial charge in [0.15, 0.2) is 11.0 Å². The summed E-state index contributed by atoms with van der Waals surface area (Å²) in [4.78, 5) is 0. The van der Waals surface area contributed by atoms with Crippen molar-refractivity contribution in [1.82, 2.24) is 4.57 Å². The van der Waals surface area contributed by atoms with Crippen LogP contribution < -0.4 is 4.57 Å². The van der Waals surface area contributed by atoms with Crippen LogP contribution in [0, 0.1) is 13.8 Å². The first-order chi connectivity index (χ1) is 14.6. The van der Waals surface area contributed by atoms with Gasteiger partial charge in [-0.15, -0.1) is 0 Å². The summed E-state index contributed by atoms with van der Waals surface area (Å²) >= 11 is 0. The van der Waals surface area contributed by atoms with Gasteiger partial charge < -0.3 is 0 Å². The fourth-order valence-corrected chi connectivity index (χ4v) is 4.29. The summed E-state index contributed by atoms with van der Waals surface area (Å²) in [5.74, 6) is 1.19. The van der Waals surface area contributed by atoms with Gasteiger partial charge in [0.1, 0.15) is 5.69 Å². The monoisotopic (exact) mass is 389 g/mol. The van der Waals surface area contributed by atoms with Gasteiger partial charge in [0.25, 0.3) is 5.82 Å². The van der Waals surface area contributed by atoms with Gasteiger partial charge in [0.2, 0.25) is 0 Å². The molecule has 4 aromatic carbocycles. The van der Waals surface area contributed by atoms with E-state index < -0.39 is 0 Å². The zero-order chi connectivity index (χ0) is 20.7. The molecular formula is C28H25N2+. The molecule has 0 radical (unpaired) electrons. The third kappa shape index (κ3) is 3.02. The standard InChI is InChI=1S/C28H25N2/c1-20-14-17-26-27(18-20)30(24-12-8-5-9-13-24)28(29(26)3)25-19-23(16-15-21(25)2)22-10-6-4-7-11-22/h4-19H,1-3H3/q+1. The fraction of sp³-hybridized carbons (Fsp3) is 0.107. The molecule has 0 aliphatic heterocycles. The summed E-state index contributed by atoms with van der Waals surface area (Å²) in [6.45, 7) is 4.35. The highest BCUT2D eigenvalue weighted by atomic mass is 15.2. The van der Waals surface area contributed by atoms with Crippen LogP contribution >= 0.6 is 0 Å². The Labute approximate surface area is 177 Å². The second kappa shape index (κ2) is 7.31. The van der Waals surface area contributed by atoms with E-state index in [1.165, 1.54) is 50.4 Å². The molecule has 1 aromatic heterocycles. The molecule has 0 spiro atoms.